The third-order valence-electron chi connectivity index (χ3n) is 7.52. The first-order valence-electron chi connectivity index (χ1n) is 12.3. The SMILES string of the molecule is C=C1C(C(=C)c2ccc(C)c(C)c2)=CC(C/C(C)=C/C(C)=C\C)C2=CC3OCCCC3C=C12. The average Bonchev–Trinajstić information content (AvgIpc) is 2.81. The summed E-state index contributed by atoms with van der Waals surface area (Å²) in [6.45, 7) is 20.8. The molecule has 3 aliphatic rings. The number of hydrogen-bond donors (Lipinski definition) is 0. The Kier molecular flexibility index (Phi) is 6.91. The molecule has 1 aliphatic heterocycles. The van der Waals surface area contributed by atoms with Crippen LogP contribution in [0.15, 0.2) is 95.2 Å². The molecule has 0 spiro atoms. The molecule has 2 aliphatic carbocycles. The van der Waals surface area contributed by atoms with Gasteiger partial charge in [-0.3, -0.25) is 0 Å². The Hall–Kier alpha value is -2.64. The van der Waals surface area contributed by atoms with Crippen LogP contribution < -0.4 is 0 Å². The van der Waals surface area contributed by atoms with E-state index in [4.69, 9.17) is 4.74 Å². The molecule has 1 aromatic rings. The van der Waals surface area contributed by atoms with Gasteiger partial charge >= 0.3 is 0 Å². The van der Waals surface area contributed by atoms with Gasteiger partial charge in [-0.15, -0.1) is 0 Å². The van der Waals surface area contributed by atoms with Gasteiger partial charge in [-0.2, -0.15) is 0 Å². The quantitative estimate of drug-likeness (QED) is 0.419. The highest BCUT2D eigenvalue weighted by molar-refractivity contribution is 5.86. The van der Waals surface area contributed by atoms with Crippen LogP contribution in [0, 0.1) is 25.7 Å². The van der Waals surface area contributed by atoms with Gasteiger partial charge in [-0.1, -0.05) is 72.9 Å². The second kappa shape index (κ2) is 9.69. The van der Waals surface area contributed by atoms with Crippen LogP contribution in [0.4, 0.5) is 0 Å². The molecule has 0 radical (unpaired) electrons. The lowest BCUT2D eigenvalue weighted by molar-refractivity contribution is 0.0175. The molecule has 1 heteroatoms. The fraction of sp³-hybridized carbons (Fsp3) is 0.375. The first kappa shape index (κ1) is 23.5. The van der Waals surface area contributed by atoms with E-state index < -0.39 is 0 Å². The van der Waals surface area contributed by atoms with Crippen molar-refractivity contribution < 1.29 is 4.74 Å². The third-order valence-corrected chi connectivity index (χ3v) is 7.52. The van der Waals surface area contributed by atoms with Crippen molar-refractivity contribution in [1.29, 1.82) is 0 Å². The van der Waals surface area contributed by atoms with Crippen molar-refractivity contribution in [2.45, 2.75) is 60.0 Å². The first-order valence-corrected chi connectivity index (χ1v) is 12.3. The van der Waals surface area contributed by atoms with E-state index >= 15 is 0 Å². The number of hydrogen-bond acceptors (Lipinski definition) is 1. The Bertz CT molecular complexity index is 1130. The normalized spacial score (nSPS) is 25.5. The maximum absolute atomic E-state index is 6.16. The van der Waals surface area contributed by atoms with Crippen LogP contribution >= 0.6 is 0 Å². The number of ether oxygens (including phenoxy) is 1. The number of allylic oxidation sites excluding steroid dienone is 10. The molecule has 0 aromatic heterocycles. The van der Waals surface area contributed by atoms with Crippen molar-refractivity contribution in [3.63, 3.8) is 0 Å². The topological polar surface area (TPSA) is 9.23 Å². The summed E-state index contributed by atoms with van der Waals surface area (Å²) < 4.78 is 6.16. The number of rotatable bonds is 5. The molecule has 1 saturated heterocycles. The third kappa shape index (κ3) is 4.84. The van der Waals surface area contributed by atoms with E-state index in [1.165, 1.54) is 51.0 Å². The summed E-state index contributed by atoms with van der Waals surface area (Å²) in [5.74, 6) is 0.749. The zero-order valence-electron chi connectivity index (χ0n) is 21.0. The average molecular weight is 439 g/mol. The molecular weight excluding hydrogens is 400 g/mol. The largest absolute Gasteiger partial charge is 0.374 e. The van der Waals surface area contributed by atoms with E-state index in [-0.39, 0.29) is 6.10 Å². The van der Waals surface area contributed by atoms with Crippen LogP contribution in [-0.4, -0.2) is 12.7 Å². The Morgan fingerprint density at radius 3 is 2.64 bits per heavy atom. The molecule has 0 bridgehead atoms. The molecule has 4 rings (SSSR count). The number of fused-ring (bicyclic) bond motifs is 2. The van der Waals surface area contributed by atoms with Gasteiger partial charge in [0.15, 0.2) is 0 Å². The van der Waals surface area contributed by atoms with Gasteiger partial charge in [-0.05, 0) is 98.4 Å². The van der Waals surface area contributed by atoms with E-state index in [0.29, 0.717) is 11.8 Å². The number of benzene rings is 1. The summed E-state index contributed by atoms with van der Waals surface area (Å²) >= 11 is 0. The van der Waals surface area contributed by atoms with Crippen molar-refractivity contribution in [1.82, 2.24) is 0 Å². The summed E-state index contributed by atoms with van der Waals surface area (Å²) in [5, 5.41) is 0. The Morgan fingerprint density at radius 1 is 1.12 bits per heavy atom. The zero-order chi connectivity index (χ0) is 23.7. The van der Waals surface area contributed by atoms with Crippen molar-refractivity contribution >= 4 is 5.57 Å². The Balaban J connectivity index is 1.77. The minimum atomic E-state index is 0.201. The lowest BCUT2D eigenvalue weighted by Gasteiger charge is -2.38. The molecule has 1 heterocycles. The molecular formula is C32H38O. The van der Waals surface area contributed by atoms with E-state index in [1.54, 1.807) is 0 Å². The first-order chi connectivity index (χ1) is 15.8. The van der Waals surface area contributed by atoms with Crippen molar-refractivity contribution in [2.24, 2.45) is 11.8 Å². The predicted octanol–water partition coefficient (Wildman–Crippen LogP) is 8.39. The molecule has 1 fully saturated rings. The molecule has 0 saturated carbocycles. The van der Waals surface area contributed by atoms with E-state index in [0.717, 1.165) is 30.6 Å². The van der Waals surface area contributed by atoms with Gasteiger partial charge in [0.1, 0.15) is 0 Å². The van der Waals surface area contributed by atoms with Gasteiger partial charge in [0.25, 0.3) is 0 Å². The molecule has 0 N–H and O–H groups in total. The van der Waals surface area contributed by atoms with Crippen molar-refractivity contribution in [3.8, 4) is 0 Å². The van der Waals surface area contributed by atoms with Crippen LogP contribution in [0.3, 0.4) is 0 Å². The summed E-state index contributed by atoms with van der Waals surface area (Å²) in [4.78, 5) is 0. The van der Waals surface area contributed by atoms with Crippen molar-refractivity contribution in [2.75, 3.05) is 6.61 Å². The summed E-state index contributed by atoms with van der Waals surface area (Å²) in [6.07, 6.45) is 15.2. The van der Waals surface area contributed by atoms with Crippen LogP contribution in [0.25, 0.3) is 5.57 Å². The standard InChI is InChI=1S/C32H38O/c1-8-20(2)14-21(3)15-28-18-29(24(6)26-12-11-22(4)23(5)16-26)25(7)30-17-27-10-9-13-33-32(27)19-31(28)30/h8,11-12,14,16-19,27-28,32H,6-7,9-10,13,15H2,1-5H3/b20-8-,21-14+. The lowest BCUT2D eigenvalue weighted by Crippen LogP contribution is -2.32. The zero-order valence-corrected chi connectivity index (χ0v) is 21.0. The fourth-order valence-corrected chi connectivity index (χ4v) is 5.30. The molecule has 3 unspecified atom stereocenters. The van der Waals surface area contributed by atoms with Crippen LogP contribution in [0.5, 0.6) is 0 Å². The maximum Gasteiger partial charge on any atom is 0.0824 e. The second-order valence-electron chi connectivity index (χ2n) is 10.0. The van der Waals surface area contributed by atoms with Crippen LogP contribution in [0.2, 0.25) is 0 Å². The van der Waals surface area contributed by atoms with Crippen LogP contribution in [-0.2, 0) is 4.74 Å². The van der Waals surface area contributed by atoms with Gasteiger partial charge in [0.05, 0.1) is 6.10 Å². The summed E-state index contributed by atoms with van der Waals surface area (Å²) in [5.41, 5.74) is 12.6. The van der Waals surface area contributed by atoms with Gasteiger partial charge in [0, 0.05) is 18.4 Å². The summed E-state index contributed by atoms with van der Waals surface area (Å²) in [7, 11) is 0. The lowest BCUT2D eigenvalue weighted by atomic mass is 9.69. The van der Waals surface area contributed by atoms with Crippen molar-refractivity contribution in [3.05, 3.63) is 112 Å². The molecule has 172 valence electrons. The van der Waals surface area contributed by atoms with Crippen LogP contribution in [0.1, 0.15) is 56.7 Å². The Labute approximate surface area is 200 Å². The molecule has 3 atom stereocenters. The van der Waals surface area contributed by atoms with E-state index in [1.807, 2.05) is 0 Å². The minimum Gasteiger partial charge on any atom is -0.374 e. The Morgan fingerprint density at radius 2 is 1.91 bits per heavy atom. The fourth-order valence-electron chi connectivity index (χ4n) is 5.30. The van der Waals surface area contributed by atoms with E-state index in [2.05, 4.69) is 96.4 Å². The minimum absolute atomic E-state index is 0.201. The maximum atomic E-state index is 6.16. The highest BCUT2D eigenvalue weighted by atomic mass is 16.5. The van der Waals surface area contributed by atoms with Gasteiger partial charge in [0.2, 0.25) is 0 Å². The summed E-state index contributed by atoms with van der Waals surface area (Å²) in [6, 6.07) is 6.65. The molecule has 1 aromatic carbocycles. The predicted molar refractivity (Wildman–Crippen MR) is 142 cm³/mol. The molecule has 1 nitrogen and oxygen atoms in total. The molecule has 33 heavy (non-hydrogen) atoms. The number of aryl methyl sites for hydroxylation is 2. The second-order valence-corrected chi connectivity index (χ2v) is 10.0. The van der Waals surface area contributed by atoms with Gasteiger partial charge in [-0.25, -0.2) is 0 Å². The highest BCUT2D eigenvalue weighted by Gasteiger charge is 2.35. The highest BCUT2D eigenvalue weighted by Crippen LogP contribution is 2.47. The molecule has 0 amide bonds. The monoisotopic (exact) mass is 438 g/mol. The van der Waals surface area contributed by atoms with Gasteiger partial charge < -0.3 is 4.74 Å². The smallest absolute Gasteiger partial charge is 0.0824 e. The van der Waals surface area contributed by atoms with E-state index in [9.17, 15) is 0 Å².